The Morgan fingerprint density at radius 2 is 1.83 bits per heavy atom. The number of anilines is 2. The van der Waals surface area contributed by atoms with E-state index in [0.29, 0.717) is 20.3 Å². The van der Waals surface area contributed by atoms with Crippen LogP contribution in [0, 0.1) is 0 Å². The first-order valence-electron chi connectivity index (χ1n) is 9.94. The van der Waals surface area contributed by atoms with Gasteiger partial charge in [0.05, 0.1) is 22.8 Å². The van der Waals surface area contributed by atoms with E-state index in [1.807, 2.05) is 0 Å². The van der Waals surface area contributed by atoms with Gasteiger partial charge in [-0.15, -0.1) is 16.8 Å². The van der Waals surface area contributed by atoms with E-state index in [1.54, 1.807) is 28.8 Å². The SMILES string of the molecule is C=CCn1c(CC(=O)Nc2cccc(C(F)(F)F)c2)nnc1SCC(=O)Nc1ccc(Br)c(Cl)c1. The fraction of sp³-hybridized carbons (Fsp3) is 0.182. The highest BCUT2D eigenvalue weighted by Crippen LogP contribution is 2.31. The largest absolute Gasteiger partial charge is 0.416 e. The molecule has 2 amide bonds. The molecule has 0 saturated carbocycles. The van der Waals surface area contributed by atoms with Crippen LogP contribution in [0.15, 0.2) is 64.7 Å². The molecule has 1 aromatic heterocycles. The van der Waals surface area contributed by atoms with Crippen LogP contribution in [0.5, 0.6) is 0 Å². The van der Waals surface area contributed by atoms with Crippen molar-refractivity contribution in [3.05, 3.63) is 76.0 Å². The Morgan fingerprint density at radius 3 is 2.51 bits per heavy atom. The Labute approximate surface area is 216 Å². The zero-order chi connectivity index (χ0) is 25.6. The number of amides is 2. The van der Waals surface area contributed by atoms with E-state index in [1.165, 1.54) is 12.1 Å². The van der Waals surface area contributed by atoms with E-state index in [-0.39, 0.29) is 36.1 Å². The minimum Gasteiger partial charge on any atom is -0.326 e. The number of hydrogen-bond acceptors (Lipinski definition) is 5. The molecule has 184 valence electrons. The maximum atomic E-state index is 12.9. The first-order valence-corrected chi connectivity index (χ1v) is 12.1. The molecule has 0 atom stereocenters. The van der Waals surface area contributed by atoms with Gasteiger partial charge in [0.15, 0.2) is 5.16 Å². The third-order valence-corrected chi connectivity index (χ3v) is 6.63. The number of rotatable bonds is 9. The van der Waals surface area contributed by atoms with Crippen LogP contribution >= 0.6 is 39.3 Å². The number of aromatic nitrogens is 3. The predicted molar refractivity (Wildman–Crippen MR) is 133 cm³/mol. The van der Waals surface area contributed by atoms with Crippen LogP contribution in [0.1, 0.15) is 11.4 Å². The van der Waals surface area contributed by atoms with Gasteiger partial charge in [0.2, 0.25) is 11.8 Å². The molecule has 0 aliphatic rings. The van der Waals surface area contributed by atoms with Crippen LogP contribution in [0.2, 0.25) is 5.02 Å². The summed E-state index contributed by atoms with van der Waals surface area (Å²) in [6, 6.07) is 9.35. The van der Waals surface area contributed by atoms with E-state index in [0.717, 1.165) is 23.9 Å². The number of allylic oxidation sites excluding steroid dienone is 1. The van der Waals surface area contributed by atoms with Crippen molar-refractivity contribution in [3.63, 3.8) is 0 Å². The maximum Gasteiger partial charge on any atom is 0.416 e. The second kappa shape index (κ2) is 11.7. The number of carbonyl (C=O) groups is 2. The van der Waals surface area contributed by atoms with E-state index in [9.17, 15) is 22.8 Å². The van der Waals surface area contributed by atoms with Crippen molar-refractivity contribution < 1.29 is 22.8 Å². The lowest BCUT2D eigenvalue weighted by molar-refractivity contribution is -0.137. The summed E-state index contributed by atoms with van der Waals surface area (Å²) in [4.78, 5) is 24.8. The smallest absolute Gasteiger partial charge is 0.326 e. The molecule has 2 aromatic carbocycles. The Balaban J connectivity index is 1.63. The second-order valence-electron chi connectivity index (χ2n) is 7.07. The fourth-order valence-electron chi connectivity index (χ4n) is 2.89. The normalized spacial score (nSPS) is 11.2. The summed E-state index contributed by atoms with van der Waals surface area (Å²) in [5.41, 5.74) is -0.324. The van der Waals surface area contributed by atoms with E-state index < -0.39 is 17.6 Å². The Hall–Kier alpha value is -2.83. The van der Waals surface area contributed by atoms with Crippen LogP contribution in [-0.4, -0.2) is 32.3 Å². The van der Waals surface area contributed by atoms with E-state index in [2.05, 4.69) is 43.3 Å². The summed E-state index contributed by atoms with van der Waals surface area (Å²) in [6.45, 7) is 3.94. The lowest BCUT2D eigenvalue weighted by atomic mass is 10.2. The van der Waals surface area contributed by atoms with Crippen molar-refractivity contribution in [1.29, 1.82) is 0 Å². The molecule has 0 spiro atoms. The standard InChI is InChI=1S/C22H18BrClF3N5O2S/c1-2-8-32-18(11-19(33)28-14-5-3-4-13(9-14)22(25,26)27)30-31-21(32)35-12-20(34)29-15-6-7-16(23)17(24)10-15/h2-7,9-10H,1,8,11-12H2,(H,28,33)(H,29,34). The molecular weight excluding hydrogens is 571 g/mol. The number of alkyl halides is 3. The van der Waals surface area contributed by atoms with Gasteiger partial charge in [0.25, 0.3) is 0 Å². The molecule has 0 bridgehead atoms. The van der Waals surface area contributed by atoms with Gasteiger partial charge in [-0.2, -0.15) is 13.2 Å². The first kappa shape index (κ1) is 26.8. The van der Waals surface area contributed by atoms with Crippen molar-refractivity contribution in [2.75, 3.05) is 16.4 Å². The molecule has 0 fully saturated rings. The summed E-state index contributed by atoms with van der Waals surface area (Å²) in [5.74, 6) is -0.579. The first-order chi connectivity index (χ1) is 16.6. The number of nitrogens with one attached hydrogen (secondary N) is 2. The van der Waals surface area contributed by atoms with Crippen molar-refractivity contribution in [1.82, 2.24) is 14.8 Å². The van der Waals surface area contributed by atoms with Crippen molar-refractivity contribution >= 4 is 62.5 Å². The average molecular weight is 589 g/mol. The van der Waals surface area contributed by atoms with Crippen LogP contribution in [0.4, 0.5) is 24.5 Å². The molecule has 0 aliphatic heterocycles. The molecule has 35 heavy (non-hydrogen) atoms. The summed E-state index contributed by atoms with van der Waals surface area (Å²) >= 11 is 10.4. The summed E-state index contributed by atoms with van der Waals surface area (Å²) in [5, 5.41) is 14.0. The van der Waals surface area contributed by atoms with Gasteiger partial charge in [-0.25, -0.2) is 0 Å². The lowest BCUT2D eigenvalue weighted by Crippen LogP contribution is -2.18. The molecule has 13 heteroatoms. The van der Waals surface area contributed by atoms with Gasteiger partial charge in [-0.05, 0) is 52.3 Å². The van der Waals surface area contributed by atoms with Gasteiger partial charge < -0.3 is 15.2 Å². The highest BCUT2D eigenvalue weighted by atomic mass is 79.9. The Kier molecular flexibility index (Phi) is 8.98. The monoisotopic (exact) mass is 587 g/mol. The quantitative estimate of drug-likeness (QED) is 0.243. The zero-order valence-corrected chi connectivity index (χ0v) is 21.1. The summed E-state index contributed by atoms with van der Waals surface area (Å²) in [6.07, 6.45) is -3.18. The lowest BCUT2D eigenvalue weighted by Gasteiger charge is -2.11. The molecule has 3 rings (SSSR count). The number of hydrogen-bond donors (Lipinski definition) is 2. The predicted octanol–water partition coefficient (Wildman–Crippen LogP) is 5.81. The highest BCUT2D eigenvalue weighted by molar-refractivity contribution is 9.10. The number of benzene rings is 2. The molecule has 3 aromatic rings. The second-order valence-corrected chi connectivity index (χ2v) is 9.27. The molecule has 1 heterocycles. The fourth-order valence-corrected chi connectivity index (χ4v) is 4.09. The van der Waals surface area contributed by atoms with E-state index in [4.69, 9.17) is 11.6 Å². The van der Waals surface area contributed by atoms with Crippen molar-refractivity contribution in [2.24, 2.45) is 0 Å². The third kappa shape index (κ3) is 7.58. The molecule has 7 nitrogen and oxygen atoms in total. The molecule has 0 unspecified atom stereocenters. The van der Waals surface area contributed by atoms with Crippen LogP contribution in [0.25, 0.3) is 0 Å². The van der Waals surface area contributed by atoms with Gasteiger partial charge in [0.1, 0.15) is 5.82 Å². The minimum atomic E-state index is -4.52. The molecule has 0 saturated heterocycles. The van der Waals surface area contributed by atoms with Crippen molar-refractivity contribution in [3.8, 4) is 0 Å². The Bertz CT molecular complexity index is 1250. The molecular formula is C22H18BrClF3N5O2S. The minimum absolute atomic E-state index is 0.0129. The number of nitrogens with zero attached hydrogens (tertiary/aromatic N) is 3. The zero-order valence-electron chi connectivity index (χ0n) is 17.9. The number of thioether (sulfide) groups is 1. The van der Waals surface area contributed by atoms with Crippen LogP contribution in [-0.2, 0) is 28.7 Å². The molecule has 2 N–H and O–H groups in total. The van der Waals surface area contributed by atoms with Crippen LogP contribution < -0.4 is 10.6 Å². The van der Waals surface area contributed by atoms with E-state index >= 15 is 0 Å². The average Bonchev–Trinajstić information content (AvgIpc) is 3.16. The highest BCUT2D eigenvalue weighted by Gasteiger charge is 2.30. The molecule has 0 radical (unpaired) electrons. The molecule has 0 aliphatic carbocycles. The van der Waals surface area contributed by atoms with Gasteiger partial charge in [0, 0.05) is 22.4 Å². The number of carbonyl (C=O) groups excluding carboxylic acids is 2. The van der Waals surface area contributed by atoms with Gasteiger partial charge in [-0.1, -0.05) is 35.5 Å². The Morgan fingerprint density at radius 1 is 1.11 bits per heavy atom. The summed E-state index contributed by atoms with van der Waals surface area (Å²) < 4.78 is 41.0. The third-order valence-electron chi connectivity index (χ3n) is 4.43. The maximum absolute atomic E-state index is 12.9. The topological polar surface area (TPSA) is 88.9 Å². The van der Waals surface area contributed by atoms with Gasteiger partial charge in [-0.3, -0.25) is 9.59 Å². The summed E-state index contributed by atoms with van der Waals surface area (Å²) in [7, 11) is 0. The van der Waals surface area contributed by atoms with Gasteiger partial charge >= 0.3 is 6.18 Å². The van der Waals surface area contributed by atoms with Crippen molar-refractivity contribution in [2.45, 2.75) is 24.3 Å². The number of halogens is 5. The van der Waals surface area contributed by atoms with Crippen LogP contribution in [0.3, 0.4) is 0 Å².